The number of hydrogen-bond donors (Lipinski definition) is 1. The van der Waals surface area contributed by atoms with Gasteiger partial charge in [0.05, 0.1) is 11.2 Å². The lowest BCUT2D eigenvalue weighted by atomic mass is 10.1. The van der Waals surface area contributed by atoms with Crippen LogP contribution in [-0.4, -0.2) is 15.0 Å². The molecule has 0 radical (unpaired) electrons. The maximum Gasteiger partial charge on any atom is 0.336 e. The molecule has 5 rings (SSSR count). The highest BCUT2D eigenvalue weighted by Gasteiger charge is 2.20. The van der Waals surface area contributed by atoms with Crippen molar-refractivity contribution in [3.05, 3.63) is 105 Å². The molecule has 34 heavy (non-hydrogen) atoms. The zero-order chi connectivity index (χ0) is 23.8. The number of benzene rings is 3. The second-order valence-electron chi connectivity index (χ2n) is 8.22. The Morgan fingerprint density at radius 2 is 1.74 bits per heavy atom. The summed E-state index contributed by atoms with van der Waals surface area (Å²) in [7, 11) is 0. The summed E-state index contributed by atoms with van der Waals surface area (Å²) < 4.78 is 3.91. The van der Waals surface area contributed by atoms with Crippen molar-refractivity contribution in [2.75, 3.05) is 5.32 Å². The first-order valence-electron chi connectivity index (χ1n) is 11.1. The van der Waals surface area contributed by atoms with Crippen LogP contribution in [0.2, 0.25) is 0 Å². The van der Waals surface area contributed by atoms with Gasteiger partial charge in [-0.05, 0) is 54.8 Å². The summed E-state index contributed by atoms with van der Waals surface area (Å²) >= 11 is 1.34. The van der Waals surface area contributed by atoms with Crippen LogP contribution in [0.3, 0.4) is 0 Å². The van der Waals surface area contributed by atoms with E-state index in [9.17, 15) is 14.4 Å². The van der Waals surface area contributed by atoms with Gasteiger partial charge in [-0.15, -0.1) is 11.3 Å². The van der Waals surface area contributed by atoms with Gasteiger partial charge < -0.3 is 5.32 Å². The first kappa shape index (κ1) is 21.9. The lowest BCUT2D eigenvalue weighted by molar-refractivity contribution is -0.116. The van der Waals surface area contributed by atoms with E-state index in [2.05, 4.69) is 5.32 Å². The highest BCUT2D eigenvalue weighted by atomic mass is 32.1. The number of nitrogens with one attached hydrogen (secondary N) is 1. The molecule has 0 unspecified atom stereocenters. The monoisotopic (exact) mass is 469 g/mol. The first-order valence-corrected chi connectivity index (χ1v) is 11.9. The number of aryl methyl sites for hydroxylation is 2. The predicted octanol–water partition coefficient (Wildman–Crippen LogP) is 4.88. The first-order chi connectivity index (χ1) is 16.5. The molecule has 0 fully saturated rings. The lowest BCUT2D eigenvalue weighted by Crippen LogP contribution is -2.40. The summed E-state index contributed by atoms with van der Waals surface area (Å²) in [6.07, 6.45) is 0.855. The van der Waals surface area contributed by atoms with Crippen molar-refractivity contribution in [3.63, 3.8) is 0 Å². The average Bonchev–Trinajstić information content (AvgIpc) is 3.22. The summed E-state index contributed by atoms with van der Waals surface area (Å²) in [6.45, 7) is 3.78. The van der Waals surface area contributed by atoms with E-state index in [4.69, 9.17) is 0 Å². The molecule has 0 atom stereocenters. The molecule has 7 heteroatoms. The summed E-state index contributed by atoms with van der Waals surface area (Å²) in [5.41, 5.74) is 2.86. The summed E-state index contributed by atoms with van der Waals surface area (Å²) in [5.74, 6) is -0.337. The molecular weight excluding hydrogens is 446 g/mol. The number of nitrogens with zero attached hydrogens (tertiary/aromatic N) is 2. The Kier molecular flexibility index (Phi) is 5.63. The lowest BCUT2D eigenvalue weighted by Gasteiger charge is -2.13. The molecule has 0 aliphatic heterocycles. The molecule has 2 aromatic heterocycles. The Balaban J connectivity index is 1.70. The second kappa shape index (κ2) is 8.76. The van der Waals surface area contributed by atoms with Gasteiger partial charge in [-0.25, -0.2) is 9.36 Å². The van der Waals surface area contributed by atoms with Gasteiger partial charge in [-0.2, -0.15) is 0 Å². The molecule has 2 heterocycles. The molecule has 6 nitrogen and oxygen atoms in total. The molecule has 170 valence electrons. The van der Waals surface area contributed by atoms with Crippen molar-refractivity contribution < 1.29 is 4.79 Å². The number of carbonyl (C=O) groups excluding carboxylic acids is 1. The van der Waals surface area contributed by atoms with Gasteiger partial charge in [0.1, 0.15) is 11.2 Å². The molecule has 5 aromatic rings. The smallest absolute Gasteiger partial charge is 0.325 e. The summed E-state index contributed by atoms with van der Waals surface area (Å²) in [4.78, 5) is 40.2. The van der Waals surface area contributed by atoms with Gasteiger partial charge >= 0.3 is 5.69 Å². The molecule has 0 aliphatic rings. The SMILES string of the molecule is CCc1ccc(-n2c(=O)c3sc4ccccc4c3n(CC(=O)Nc3cccc(C)c3)c2=O)cc1. The number of aromatic nitrogens is 2. The molecule has 0 spiro atoms. The van der Waals surface area contributed by atoms with Gasteiger partial charge in [-0.3, -0.25) is 14.2 Å². The predicted molar refractivity (Wildman–Crippen MR) is 138 cm³/mol. The third kappa shape index (κ3) is 3.84. The van der Waals surface area contributed by atoms with Crippen molar-refractivity contribution in [3.8, 4) is 5.69 Å². The number of amides is 1. The van der Waals surface area contributed by atoms with E-state index in [-0.39, 0.29) is 18.0 Å². The van der Waals surface area contributed by atoms with E-state index in [0.29, 0.717) is 21.6 Å². The number of hydrogen-bond acceptors (Lipinski definition) is 4. The Hall–Kier alpha value is -3.97. The second-order valence-corrected chi connectivity index (χ2v) is 9.28. The molecule has 0 saturated carbocycles. The zero-order valence-corrected chi connectivity index (χ0v) is 19.7. The van der Waals surface area contributed by atoms with Crippen molar-refractivity contribution in [2.45, 2.75) is 26.8 Å². The van der Waals surface area contributed by atoms with E-state index in [1.807, 2.05) is 68.4 Å². The van der Waals surface area contributed by atoms with Crippen LogP contribution in [0.5, 0.6) is 0 Å². The molecule has 3 aromatic carbocycles. The fourth-order valence-electron chi connectivity index (χ4n) is 4.17. The third-order valence-corrected chi connectivity index (χ3v) is 7.01. The average molecular weight is 470 g/mol. The van der Waals surface area contributed by atoms with Crippen LogP contribution in [0.4, 0.5) is 5.69 Å². The Bertz CT molecular complexity index is 1660. The van der Waals surface area contributed by atoms with Crippen LogP contribution in [0, 0.1) is 6.92 Å². The fourth-order valence-corrected chi connectivity index (χ4v) is 5.31. The molecule has 0 aliphatic carbocycles. The molecule has 0 saturated heterocycles. The van der Waals surface area contributed by atoms with E-state index < -0.39 is 5.69 Å². The molecule has 1 N–H and O–H groups in total. The van der Waals surface area contributed by atoms with Gasteiger partial charge in [0, 0.05) is 15.8 Å². The number of carbonyl (C=O) groups is 1. The van der Waals surface area contributed by atoms with Gasteiger partial charge in [0.15, 0.2) is 0 Å². The number of thiophene rings is 1. The normalized spacial score (nSPS) is 11.2. The minimum Gasteiger partial charge on any atom is -0.325 e. The molecule has 1 amide bonds. The molecular formula is C27H23N3O3S. The van der Waals surface area contributed by atoms with Crippen molar-refractivity contribution in [2.24, 2.45) is 0 Å². The van der Waals surface area contributed by atoms with Gasteiger partial charge in [0.2, 0.25) is 5.91 Å². The quantitative estimate of drug-likeness (QED) is 0.399. The van der Waals surface area contributed by atoms with E-state index in [0.717, 1.165) is 32.2 Å². The Morgan fingerprint density at radius 1 is 0.971 bits per heavy atom. The summed E-state index contributed by atoms with van der Waals surface area (Å²) in [6, 6.07) is 22.4. The number of anilines is 1. The molecule has 0 bridgehead atoms. The van der Waals surface area contributed by atoms with Crippen LogP contribution in [0.1, 0.15) is 18.1 Å². The highest BCUT2D eigenvalue weighted by molar-refractivity contribution is 7.25. The Morgan fingerprint density at radius 3 is 2.47 bits per heavy atom. The maximum atomic E-state index is 13.7. The van der Waals surface area contributed by atoms with Gasteiger partial charge in [0.25, 0.3) is 5.56 Å². The third-order valence-electron chi connectivity index (χ3n) is 5.87. The van der Waals surface area contributed by atoms with Gasteiger partial charge in [-0.1, -0.05) is 49.4 Å². The van der Waals surface area contributed by atoms with Crippen LogP contribution in [-0.2, 0) is 17.8 Å². The topological polar surface area (TPSA) is 73.1 Å². The van der Waals surface area contributed by atoms with Crippen LogP contribution in [0.15, 0.2) is 82.4 Å². The minimum atomic E-state index is -0.537. The number of fused-ring (bicyclic) bond motifs is 3. The van der Waals surface area contributed by atoms with E-state index in [1.165, 1.54) is 15.9 Å². The van der Waals surface area contributed by atoms with Crippen molar-refractivity contribution in [1.29, 1.82) is 0 Å². The van der Waals surface area contributed by atoms with E-state index >= 15 is 0 Å². The number of rotatable bonds is 5. The van der Waals surface area contributed by atoms with Crippen LogP contribution >= 0.6 is 11.3 Å². The summed E-state index contributed by atoms with van der Waals surface area (Å²) in [5, 5.41) is 3.66. The van der Waals surface area contributed by atoms with Crippen molar-refractivity contribution in [1.82, 2.24) is 9.13 Å². The van der Waals surface area contributed by atoms with Crippen LogP contribution in [0.25, 0.3) is 26.0 Å². The van der Waals surface area contributed by atoms with Crippen LogP contribution < -0.4 is 16.6 Å². The largest absolute Gasteiger partial charge is 0.336 e. The fraction of sp³-hybridized carbons (Fsp3) is 0.148. The van der Waals surface area contributed by atoms with E-state index in [1.54, 1.807) is 18.2 Å². The Labute approximate surface area is 199 Å². The standard InChI is InChI=1S/C27H23N3O3S/c1-3-18-11-13-20(14-12-18)30-26(32)25-24(21-9-4-5-10-22(21)34-25)29(27(30)33)16-23(31)28-19-8-6-7-17(2)15-19/h4-15H,3,16H2,1-2H3,(H,28,31). The highest BCUT2D eigenvalue weighted by Crippen LogP contribution is 2.31. The minimum absolute atomic E-state index is 0.211. The maximum absolute atomic E-state index is 13.7. The van der Waals surface area contributed by atoms with Crippen molar-refractivity contribution >= 4 is 43.2 Å². The zero-order valence-electron chi connectivity index (χ0n) is 18.9.